The highest BCUT2D eigenvalue weighted by atomic mass is 79.9. The van der Waals surface area contributed by atoms with E-state index < -0.39 is 10.0 Å². The van der Waals surface area contributed by atoms with Crippen LogP contribution in [0, 0.1) is 5.92 Å². The third-order valence-corrected chi connectivity index (χ3v) is 7.38. The summed E-state index contributed by atoms with van der Waals surface area (Å²) in [6.45, 7) is 0.644. The second kappa shape index (κ2) is 5.89. The van der Waals surface area contributed by atoms with Gasteiger partial charge in [-0.2, -0.15) is 4.31 Å². The van der Waals surface area contributed by atoms with Crippen LogP contribution in [-0.4, -0.2) is 25.3 Å². The summed E-state index contributed by atoms with van der Waals surface area (Å²) in [5.41, 5.74) is 6.32. The quantitative estimate of drug-likeness (QED) is 0.827. The number of nitrogens with two attached hydrogens (primary N) is 1. The zero-order valence-electron chi connectivity index (χ0n) is 12.0. The minimum Gasteiger partial charge on any atom is -0.398 e. The van der Waals surface area contributed by atoms with Crippen LogP contribution < -0.4 is 5.73 Å². The van der Waals surface area contributed by atoms with Gasteiger partial charge in [-0.15, -0.1) is 0 Å². The van der Waals surface area contributed by atoms with Gasteiger partial charge in [-0.05, 0) is 65.7 Å². The van der Waals surface area contributed by atoms with Crippen LogP contribution in [-0.2, 0) is 10.0 Å². The van der Waals surface area contributed by atoms with E-state index in [1.807, 2.05) is 0 Å². The van der Waals surface area contributed by atoms with E-state index in [1.165, 1.54) is 25.7 Å². The van der Waals surface area contributed by atoms with Crippen LogP contribution in [0.5, 0.6) is 0 Å². The van der Waals surface area contributed by atoms with Crippen molar-refractivity contribution >= 4 is 31.6 Å². The van der Waals surface area contributed by atoms with Gasteiger partial charge < -0.3 is 5.73 Å². The molecule has 0 bridgehead atoms. The maximum absolute atomic E-state index is 12.9. The Labute approximate surface area is 134 Å². The van der Waals surface area contributed by atoms with E-state index in [4.69, 9.17) is 5.73 Å². The first-order valence-electron chi connectivity index (χ1n) is 7.57. The average molecular weight is 373 g/mol. The molecule has 4 nitrogen and oxygen atoms in total. The first kappa shape index (κ1) is 15.3. The highest BCUT2D eigenvalue weighted by Crippen LogP contribution is 2.38. The van der Waals surface area contributed by atoms with Crippen molar-refractivity contribution < 1.29 is 8.42 Å². The zero-order chi connectivity index (χ0) is 15.0. The third kappa shape index (κ3) is 2.85. The van der Waals surface area contributed by atoms with E-state index in [9.17, 15) is 8.42 Å². The van der Waals surface area contributed by atoms with Gasteiger partial charge in [-0.25, -0.2) is 8.42 Å². The van der Waals surface area contributed by atoms with E-state index in [0.29, 0.717) is 27.5 Å². The predicted molar refractivity (Wildman–Crippen MR) is 87.4 cm³/mol. The second-order valence-electron chi connectivity index (χ2n) is 6.05. The van der Waals surface area contributed by atoms with E-state index in [2.05, 4.69) is 15.9 Å². The molecule has 1 saturated carbocycles. The molecule has 1 aromatic rings. The van der Waals surface area contributed by atoms with Gasteiger partial charge in [0, 0.05) is 22.7 Å². The van der Waals surface area contributed by atoms with Gasteiger partial charge in [0.1, 0.15) is 0 Å². The predicted octanol–water partition coefficient (Wildman–Crippen LogP) is 3.37. The molecule has 1 atom stereocenters. The molecular weight excluding hydrogens is 352 g/mol. The minimum atomic E-state index is -3.42. The van der Waals surface area contributed by atoms with Crippen molar-refractivity contribution in [2.45, 2.75) is 49.5 Å². The van der Waals surface area contributed by atoms with Crippen molar-refractivity contribution in [1.82, 2.24) is 4.31 Å². The summed E-state index contributed by atoms with van der Waals surface area (Å²) in [7, 11) is -3.42. The van der Waals surface area contributed by atoms with Crippen molar-refractivity contribution in [3.8, 4) is 0 Å². The molecule has 2 fully saturated rings. The SMILES string of the molecule is Nc1ccc(S(=O)(=O)N2CCCC2C2CCCC2)cc1Br. The maximum atomic E-state index is 12.9. The fraction of sp³-hybridized carbons (Fsp3) is 0.600. The molecule has 6 heteroatoms. The summed E-state index contributed by atoms with van der Waals surface area (Å²) >= 11 is 3.32. The fourth-order valence-electron chi connectivity index (χ4n) is 3.68. The molecule has 1 aliphatic carbocycles. The zero-order valence-corrected chi connectivity index (χ0v) is 14.4. The maximum Gasteiger partial charge on any atom is 0.243 e. The molecule has 1 saturated heterocycles. The van der Waals surface area contributed by atoms with Gasteiger partial charge in [-0.3, -0.25) is 0 Å². The number of sulfonamides is 1. The lowest BCUT2D eigenvalue weighted by molar-refractivity contribution is 0.288. The van der Waals surface area contributed by atoms with Crippen molar-refractivity contribution in [2.75, 3.05) is 12.3 Å². The van der Waals surface area contributed by atoms with Crippen molar-refractivity contribution in [2.24, 2.45) is 5.92 Å². The van der Waals surface area contributed by atoms with Gasteiger partial charge >= 0.3 is 0 Å². The Morgan fingerprint density at radius 2 is 1.86 bits per heavy atom. The number of halogens is 1. The first-order valence-corrected chi connectivity index (χ1v) is 9.80. The van der Waals surface area contributed by atoms with Crippen molar-refractivity contribution in [3.63, 3.8) is 0 Å². The second-order valence-corrected chi connectivity index (χ2v) is 8.80. The van der Waals surface area contributed by atoms with Crippen molar-refractivity contribution in [1.29, 1.82) is 0 Å². The van der Waals surface area contributed by atoms with Gasteiger partial charge in [0.15, 0.2) is 0 Å². The molecule has 0 aromatic heterocycles. The Morgan fingerprint density at radius 1 is 1.14 bits per heavy atom. The average Bonchev–Trinajstić information content (AvgIpc) is 3.11. The molecule has 0 spiro atoms. The van der Waals surface area contributed by atoms with Gasteiger partial charge in [-0.1, -0.05) is 12.8 Å². The molecule has 0 radical (unpaired) electrons. The van der Waals surface area contributed by atoms with E-state index >= 15 is 0 Å². The molecule has 3 rings (SSSR count). The lowest BCUT2D eigenvalue weighted by atomic mass is 9.97. The molecule has 2 aliphatic rings. The fourth-order valence-corrected chi connectivity index (χ4v) is 5.99. The minimum absolute atomic E-state index is 0.189. The number of benzene rings is 1. The smallest absolute Gasteiger partial charge is 0.243 e. The summed E-state index contributed by atoms with van der Waals surface area (Å²) in [5, 5.41) is 0. The van der Waals surface area contributed by atoms with Crippen LogP contribution in [0.4, 0.5) is 5.69 Å². The molecule has 1 aliphatic heterocycles. The number of nitrogen functional groups attached to an aromatic ring is 1. The molecule has 116 valence electrons. The first-order chi connectivity index (χ1) is 10.00. The molecular formula is C15H21BrN2O2S. The lowest BCUT2D eigenvalue weighted by Gasteiger charge is -2.28. The van der Waals surface area contributed by atoms with E-state index in [-0.39, 0.29) is 6.04 Å². The Hall–Kier alpha value is -0.590. The van der Waals surface area contributed by atoms with E-state index in [1.54, 1.807) is 22.5 Å². The summed E-state index contributed by atoms with van der Waals surface area (Å²) in [5.74, 6) is 0.541. The monoisotopic (exact) mass is 372 g/mol. The van der Waals surface area contributed by atoms with Gasteiger partial charge in [0.2, 0.25) is 10.0 Å². The summed E-state index contributed by atoms with van der Waals surface area (Å²) < 4.78 is 28.2. The number of rotatable bonds is 3. The Bertz CT molecular complexity index is 627. The molecule has 1 unspecified atom stereocenters. The molecule has 1 aromatic carbocycles. The molecule has 21 heavy (non-hydrogen) atoms. The van der Waals surface area contributed by atoms with Crippen LogP contribution >= 0.6 is 15.9 Å². The number of hydrogen-bond acceptors (Lipinski definition) is 3. The van der Waals surface area contributed by atoms with Crippen LogP contribution in [0.2, 0.25) is 0 Å². The Morgan fingerprint density at radius 3 is 2.52 bits per heavy atom. The van der Waals surface area contributed by atoms with Crippen molar-refractivity contribution in [3.05, 3.63) is 22.7 Å². The third-order valence-electron chi connectivity index (χ3n) is 4.77. The highest BCUT2D eigenvalue weighted by Gasteiger charge is 2.40. The highest BCUT2D eigenvalue weighted by molar-refractivity contribution is 9.10. The van der Waals surface area contributed by atoms with Crippen LogP contribution in [0.15, 0.2) is 27.6 Å². The van der Waals surface area contributed by atoms with Crippen LogP contribution in [0.25, 0.3) is 0 Å². The molecule has 2 N–H and O–H groups in total. The number of anilines is 1. The van der Waals surface area contributed by atoms with Gasteiger partial charge in [0.25, 0.3) is 0 Å². The number of hydrogen-bond donors (Lipinski definition) is 1. The normalized spacial score (nSPS) is 24.7. The Kier molecular flexibility index (Phi) is 4.30. The molecule has 0 amide bonds. The lowest BCUT2D eigenvalue weighted by Crippen LogP contribution is -2.39. The number of nitrogens with zero attached hydrogens (tertiary/aromatic N) is 1. The largest absolute Gasteiger partial charge is 0.398 e. The van der Waals surface area contributed by atoms with E-state index in [0.717, 1.165) is 12.8 Å². The summed E-state index contributed by atoms with van der Waals surface area (Å²) in [6, 6.07) is 5.07. The standard InChI is InChI=1S/C15H21BrN2O2S/c16-13-10-12(7-8-14(13)17)21(19,20)18-9-3-6-15(18)11-4-1-2-5-11/h7-8,10-11,15H,1-6,9,17H2. The molecule has 1 heterocycles. The topological polar surface area (TPSA) is 63.4 Å². The van der Waals surface area contributed by atoms with Gasteiger partial charge in [0.05, 0.1) is 4.90 Å². The van der Waals surface area contributed by atoms with Crippen LogP contribution in [0.1, 0.15) is 38.5 Å². The van der Waals surface area contributed by atoms with Crippen LogP contribution in [0.3, 0.4) is 0 Å². The Balaban J connectivity index is 1.91. The summed E-state index contributed by atoms with van der Waals surface area (Å²) in [4.78, 5) is 0.341. The summed E-state index contributed by atoms with van der Waals surface area (Å²) in [6.07, 6.45) is 6.78.